The Balaban J connectivity index is 2.22. The molecule has 1 heterocycles. The quantitative estimate of drug-likeness (QED) is 0.669. The fourth-order valence-corrected chi connectivity index (χ4v) is 5.18. The summed E-state index contributed by atoms with van der Waals surface area (Å²) in [6.45, 7) is 0. The number of carbonyl (C=O) groups excluding carboxylic acids is 1. The van der Waals surface area contributed by atoms with Crippen LogP contribution in [0.4, 0.5) is 26.3 Å². The summed E-state index contributed by atoms with van der Waals surface area (Å²) in [6.07, 6.45) is -0.306. The molecule has 0 spiro atoms. The van der Waals surface area contributed by atoms with Crippen LogP contribution in [0.5, 0.6) is 0 Å². The zero-order valence-corrected chi connectivity index (χ0v) is 12.4. The molecule has 0 saturated carbocycles. The third kappa shape index (κ3) is 2.34. The second-order valence-electron chi connectivity index (χ2n) is 4.90. The van der Waals surface area contributed by atoms with E-state index in [9.17, 15) is 31.1 Å². The maximum absolute atomic E-state index is 13.9. The summed E-state index contributed by atoms with van der Waals surface area (Å²) in [7, 11) is -4.65. The Hall–Kier alpha value is -2.16. The first-order chi connectivity index (χ1) is 11.1. The molecule has 0 aromatic heterocycles. The predicted octanol–water partition coefficient (Wildman–Crippen LogP) is 5.24. The summed E-state index contributed by atoms with van der Waals surface area (Å²) >= 11 is 0. The molecular weight excluding hydrogens is 358 g/mol. The van der Waals surface area contributed by atoms with E-state index >= 15 is 0 Å². The molecule has 1 aliphatic heterocycles. The molecule has 1 atom stereocenters. The fraction of sp³-hybridized carbons (Fsp3) is 0.133. The lowest BCUT2D eigenvalue weighted by molar-refractivity contribution is -0.189. The van der Waals surface area contributed by atoms with Crippen molar-refractivity contribution in [3.05, 3.63) is 58.5 Å². The highest BCUT2D eigenvalue weighted by molar-refractivity contribution is 8.34. The van der Waals surface area contributed by atoms with E-state index in [1.165, 1.54) is 36.4 Å². The van der Waals surface area contributed by atoms with Crippen molar-refractivity contribution in [3.8, 4) is 0 Å². The molecule has 0 bridgehead atoms. The lowest BCUT2D eigenvalue weighted by atomic mass is 10.1. The van der Waals surface area contributed by atoms with Gasteiger partial charge < -0.3 is 4.18 Å². The van der Waals surface area contributed by atoms with Gasteiger partial charge in [0, 0.05) is 9.80 Å². The third-order valence-corrected chi connectivity index (χ3v) is 6.44. The molecule has 3 rings (SSSR count). The van der Waals surface area contributed by atoms with Crippen LogP contribution in [-0.2, 0) is 8.98 Å². The maximum Gasteiger partial charge on any atom is 0.491 e. The van der Waals surface area contributed by atoms with Crippen LogP contribution in [0.25, 0.3) is 6.08 Å². The van der Waals surface area contributed by atoms with E-state index in [1.807, 2.05) is 0 Å². The van der Waals surface area contributed by atoms with Crippen LogP contribution in [0.2, 0.25) is 0 Å². The number of rotatable bonds is 2. The Bertz CT molecular complexity index is 803. The van der Waals surface area contributed by atoms with Crippen molar-refractivity contribution < 1.29 is 35.3 Å². The van der Waals surface area contributed by atoms with E-state index in [-0.39, 0.29) is 11.1 Å². The number of benzene rings is 1. The third-order valence-electron chi connectivity index (χ3n) is 3.42. The second-order valence-corrected chi connectivity index (χ2v) is 7.52. The number of alkyl halides is 6. The average molecular weight is 366 g/mol. The standard InChI is InChI=1S/C15H8F6O2S/c16-14(17,18)13(22)23-24(15(19,20)21)11-7-2-1-4-10(11)8-12(24)9-5-3-6-9/h1-8H. The molecule has 9 heteroatoms. The molecule has 1 aliphatic carbocycles. The van der Waals surface area contributed by atoms with E-state index in [2.05, 4.69) is 4.18 Å². The summed E-state index contributed by atoms with van der Waals surface area (Å²) < 4.78 is 83.7. The van der Waals surface area contributed by atoms with Gasteiger partial charge in [0.2, 0.25) is 0 Å². The van der Waals surface area contributed by atoms with Crippen LogP contribution < -0.4 is 0 Å². The van der Waals surface area contributed by atoms with Gasteiger partial charge in [-0.05, 0) is 23.3 Å². The largest absolute Gasteiger partial charge is 0.491 e. The molecule has 1 aromatic carbocycles. The van der Waals surface area contributed by atoms with Crippen LogP contribution in [0.3, 0.4) is 0 Å². The molecule has 24 heavy (non-hydrogen) atoms. The SMILES string of the molecule is O=C(OS1(C(F)(F)F)C(C2=CC=C2)=Cc2ccccc21)C(F)(F)F. The van der Waals surface area contributed by atoms with Gasteiger partial charge in [-0.3, -0.25) is 0 Å². The first-order valence-corrected chi connectivity index (χ1v) is 8.03. The van der Waals surface area contributed by atoms with E-state index < -0.39 is 37.8 Å². The van der Waals surface area contributed by atoms with Gasteiger partial charge in [0.25, 0.3) is 0 Å². The van der Waals surface area contributed by atoms with Crippen molar-refractivity contribution in [2.75, 3.05) is 0 Å². The lowest BCUT2D eigenvalue weighted by Gasteiger charge is -2.40. The smallest absolute Gasteiger partial charge is 0.391 e. The maximum atomic E-state index is 13.9. The first-order valence-electron chi connectivity index (χ1n) is 6.47. The fourth-order valence-electron chi connectivity index (χ4n) is 2.36. The number of halogens is 6. The van der Waals surface area contributed by atoms with Crippen molar-refractivity contribution in [3.63, 3.8) is 0 Å². The van der Waals surface area contributed by atoms with Crippen molar-refractivity contribution in [1.29, 1.82) is 0 Å². The van der Waals surface area contributed by atoms with Gasteiger partial charge in [0.05, 0.1) is 10.3 Å². The van der Waals surface area contributed by atoms with Crippen molar-refractivity contribution >= 4 is 22.4 Å². The number of carbonyl (C=O) groups is 1. The summed E-state index contributed by atoms with van der Waals surface area (Å²) in [5.74, 6) is -2.86. The van der Waals surface area contributed by atoms with E-state index in [0.29, 0.717) is 0 Å². The summed E-state index contributed by atoms with van der Waals surface area (Å²) in [4.78, 5) is 10.3. The molecule has 2 aliphatic rings. The van der Waals surface area contributed by atoms with Crippen molar-refractivity contribution in [2.24, 2.45) is 0 Å². The molecule has 0 saturated heterocycles. The van der Waals surface area contributed by atoms with E-state index in [1.54, 1.807) is 0 Å². The Kier molecular flexibility index (Phi) is 3.59. The van der Waals surface area contributed by atoms with Crippen LogP contribution in [0, 0.1) is 0 Å². The molecule has 0 fully saturated rings. The minimum atomic E-state index is -5.53. The van der Waals surface area contributed by atoms with E-state index in [0.717, 1.165) is 12.1 Å². The lowest BCUT2D eigenvalue weighted by Crippen LogP contribution is -2.32. The number of hydrogen-bond donors (Lipinski definition) is 0. The highest BCUT2D eigenvalue weighted by Gasteiger charge is 2.63. The molecule has 1 aromatic rings. The van der Waals surface area contributed by atoms with Gasteiger partial charge in [-0.15, -0.1) is 0 Å². The predicted molar refractivity (Wildman–Crippen MR) is 75.7 cm³/mol. The average Bonchev–Trinajstić information content (AvgIpc) is 2.71. The highest BCUT2D eigenvalue weighted by Crippen LogP contribution is 2.78. The van der Waals surface area contributed by atoms with Gasteiger partial charge in [0.1, 0.15) is 0 Å². The van der Waals surface area contributed by atoms with Gasteiger partial charge >= 0.3 is 17.7 Å². The summed E-state index contributed by atoms with van der Waals surface area (Å²) in [5.41, 5.74) is -5.03. The minimum Gasteiger partial charge on any atom is -0.391 e. The van der Waals surface area contributed by atoms with Crippen LogP contribution >= 0.6 is 10.3 Å². The molecule has 128 valence electrons. The minimum absolute atomic E-state index is 0.0796. The second kappa shape index (κ2) is 5.17. The Morgan fingerprint density at radius 2 is 1.67 bits per heavy atom. The molecule has 0 amide bonds. The highest BCUT2D eigenvalue weighted by atomic mass is 32.3. The van der Waals surface area contributed by atoms with Crippen molar-refractivity contribution in [1.82, 2.24) is 0 Å². The van der Waals surface area contributed by atoms with Crippen LogP contribution in [-0.4, -0.2) is 17.7 Å². The molecule has 2 nitrogen and oxygen atoms in total. The van der Waals surface area contributed by atoms with Gasteiger partial charge in [-0.25, -0.2) is 4.79 Å². The summed E-state index contributed by atoms with van der Waals surface area (Å²) in [5, 5.41) is 0. The zero-order chi connectivity index (χ0) is 17.8. The zero-order valence-electron chi connectivity index (χ0n) is 11.6. The number of fused-ring (bicyclic) bond motifs is 1. The summed E-state index contributed by atoms with van der Waals surface area (Å²) in [6, 6.07) is 5.08. The van der Waals surface area contributed by atoms with E-state index in [4.69, 9.17) is 0 Å². The molecule has 1 unspecified atom stereocenters. The molecule has 0 radical (unpaired) electrons. The van der Waals surface area contributed by atoms with Gasteiger partial charge in [-0.2, -0.15) is 26.3 Å². The monoisotopic (exact) mass is 366 g/mol. The Morgan fingerprint density at radius 3 is 2.17 bits per heavy atom. The van der Waals surface area contributed by atoms with Crippen LogP contribution in [0.15, 0.2) is 57.9 Å². The topological polar surface area (TPSA) is 26.3 Å². The Labute approximate surface area is 133 Å². The molecule has 0 N–H and O–H groups in total. The van der Waals surface area contributed by atoms with Gasteiger partial charge in [-0.1, -0.05) is 36.4 Å². The van der Waals surface area contributed by atoms with Crippen LogP contribution in [0.1, 0.15) is 5.56 Å². The first kappa shape index (κ1) is 16.7. The number of allylic oxidation sites excluding steroid dienone is 4. The van der Waals surface area contributed by atoms with Crippen molar-refractivity contribution in [2.45, 2.75) is 16.6 Å². The normalized spacial score (nSPS) is 25.1. The van der Waals surface area contributed by atoms with Gasteiger partial charge in [0.15, 0.2) is 0 Å². The number of hydrogen-bond acceptors (Lipinski definition) is 2. The molecular formula is C15H8F6O2S. The Morgan fingerprint density at radius 1 is 1.04 bits per heavy atom.